The molecule has 5 aromatic rings. The zero-order valence-electron chi connectivity index (χ0n) is 19.4. The lowest BCUT2D eigenvalue weighted by Gasteiger charge is -2.35. The van der Waals surface area contributed by atoms with Crippen molar-refractivity contribution in [2.75, 3.05) is 9.80 Å². The molecule has 6 rings (SSSR count). The van der Waals surface area contributed by atoms with Crippen molar-refractivity contribution >= 4 is 22.8 Å². The van der Waals surface area contributed by atoms with Crippen molar-refractivity contribution < 1.29 is 0 Å². The minimum atomic E-state index is -0.0496. The molecule has 0 aliphatic carbocycles. The van der Waals surface area contributed by atoms with Gasteiger partial charge in [0.25, 0.3) is 0 Å². The maximum Gasteiger partial charge on any atom is 0.137 e. The molecule has 0 radical (unpaired) electrons. The fourth-order valence-electron chi connectivity index (χ4n) is 4.97. The second-order valence-corrected chi connectivity index (χ2v) is 8.62. The first kappa shape index (κ1) is 21.0. The molecule has 35 heavy (non-hydrogen) atoms. The van der Waals surface area contributed by atoms with Crippen LogP contribution in [0.4, 0.5) is 11.4 Å². The Bertz CT molecular complexity index is 1320. The van der Waals surface area contributed by atoms with Crippen molar-refractivity contribution in [3.8, 4) is 0 Å². The molecule has 168 valence electrons. The third-order valence-corrected chi connectivity index (χ3v) is 6.46. The summed E-state index contributed by atoms with van der Waals surface area (Å²) >= 11 is 0. The third kappa shape index (κ3) is 3.89. The van der Waals surface area contributed by atoms with Crippen molar-refractivity contribution in [1.29, 1.82) is 0 Å². The van der Waals surface area contributed by atoms with Gasteiger partial charge >= 0.3 is 0 Å². The summed E-state index contributed by atoms with van der Waals surface area (Å²) in [5, 5.41) is 0. The predicted molar refractivity (Wildman–Crippen MR) is 147 cm³/mol. The van der Waals surface area contributed by atoms with Gasteiger partial charge < -0.3 is 9.80 Å². The van der Waals surface area contributed by atoms with E-state index in [0.29, 0.717) is 0 Å². The Labute approximate surface area is 207 Å². The van der Waals surface area contributed by atoms with Crippen molar-refractivity contribution in [2.24, 2.45) is 0 Å². The van der Waals surface area contributed by atoms with E-state index in [0.717, 1.165) is 11.4 Å². The molecule has 0 saturated heterocycles. The van der Waals surface area contributed by atoms with E-state index in [1.807, 2.05) is 0 Å². The van der Waals surface area contributed by atoms with Gasteiger partial charge in [-0.3, -0.25) is 0 Å². The molecule has 0 aromatic heterocycles. The van der Waals surface area contributed by atoms with E-state index in [2.05, 4.69) is 161 Å². The smallest absolute Gasteiger partial charge is 0.137 e. The minimum absolute atomic E-state index is 0.0496. The van der Waals surface area contributed by atoms with Crippen LogP contribution >= 0.6 is 0 Å². The molecule has 0 saturated carbocycles. The second kappa shape index (κ2) is 9.36. The highest BCUT2D eigenvalue weighted by molar-refractivity contribution is 6.06. The van der Waals surface area contributed by atoms with Crippen LogP contribution in [0, 0.1) is 0 Å². The van der Waals surface area contributed by atoms with E-state index >= 15 is 0 Å². The summed E-state index contributed by atoms with van der Waals surface area (Å²) in [5.41, 5.74) is 8.32. The summed E-state index contributed by atoms with van der Waals surface area (Å²) in [6, 6.07) is 53.8. The lowest BCUT2D eigenvalue weighted by atomic mass is 10.0. The SMILES string of the molecule is c1ccc(C2=C(c3ccccc3)N(c3ccccc3)C(c3ccccc3)N2c2ccccc2)cc1. The van der Waals surface area contributed by atoms with Gasteiger partial charge in [0.15, 0.2) is 0 Å². The van der Waals surface area contributed by atoms with Crippen molar-refractivity contribution in [3.05, 3.63) is 168 Å². The van der Waals surface area contributed by atoms with E-state index < -0.39 is 0 Å². The number of nitrogens with zero attached hydrogens (tertiary/aromatic N) is 2. The number of hydrogen-bond acceptors (Lipinski definition) is 2. The molecule has 2 heteroatoms. The number of rotatable bonds is 5. The lowest BCUT2D eigenvalue weighted by Crippen LogP contribution is -2.32. The molecule has 0 unspecified atom stereocenters. The van der Waals surface area contributed by atoms with Gasteiger partial charge in [0, 0.05) is 22.5 Å². The molecule has 2 nitrogen and oxygen atoms in total. The van der Waals surface area contributed by atoms with Gasteiger partial charge in [0.05, 0.1) is 11.4 Å². The normalized spacial score (nSPS) is 13.9. The molecule has 1 aliphatic rings. The van der Waals surface area contributed by atoms with Crippen LogP contribution in [0.1, 0.15) is 22.9 Å². The van der Waals surface area contributed by atoms with E-state index in [4.69, 9.17) is 0 Å². The van der Waals surface area contributed by atoms with E-state index in [9.17, 15) is 0 Å². The highest BCUT2D eigenvalue weighted by Gasteiger charge is 2.41. The van der Waals surface area contributed by atoms with Gasteiger partial charge in [-0.05, 0) is 29.8 Å². The largest absolute Gasteiger partial charge is 0.314 e. The van der Waals surface area contributed by atoms with E-state index in [1.54, 1.807) is 0 Å². The quantitative estimate of drug-likeness (QED) is 0.266. The Balaban J connectivity index is 1.72. The number of anilines is 2. The standard InChI is InChI=1S/C33H26N2/c1-6-16-26(17-7-1)31-32(27-18-8-2-9-19-27)35(30-24-14-5-15-25-30)33(28-20-10-3-11-21-28)34(31)29-22-12-4-13-23-29/h1-25,33H. The Morgan fingerprint density at radius 1 is 0.343 bits per heavy atom. The Hall–Kier alpha value is -4.56. The van der Waals surface area contributed by atoms with Crippen LogP contribution in [0.5, 0.6) is 0 Å². The van der Waals surface area contributed by atoms with E-state index in [-0.39, 0.29) is 6.17 Å². The highest BCUT2D eigenvalue weighted by Crippen LogP contribution is 2.51. The zero-order valence-corrected chi connectivity index (χ0v) is 19.4. The Morgan fingerprint density at radius 3 is 1.03 bits per heavy atom. The van der Waals surface area contributed by atoms with Crippen LogP contribution in [-0.2, 0) is 0 Å². The van der Waals surface area contributed by atoms with Crippen LogP contribution in [0.2, 0.25) is 0 Å². The highest BCUT2D eigenvalue weighted by atomic mass is 15.4. The maximum atomic E-state index is 2.49. The Morgan fingerprint density at radius 2 is 0.657 bits per heavy atom. The lowest BCUT2D eigenvalue weighted by molar-refractivity contribution is 0.744. The van der Waals surface area contributed by atoms with Gasteiger partial charge in [0.2, 0.25) is 0 Å². The number of benzene rings is 5. The van der Waals surface area contributed by atoms with E-state index in [1.165, 1.54) is 28.1 Å². The minimum Gasteiger partial charge on any atom is -0.314 e. The fraction of sp³-hybridized carbons (Fsp3) is 0.0303. The number of para-hydroxylation sites is 2. The predicted octanol–water partition coefficient (Wildman–Crippen LogP) is 8.24. The molecular formula is C33H26N2. The van der Waals surface area contributed by atoms with Gasteiger partial charge in [-0.2, -0.15) is 0 Å². The molecular weight excluding hydrogens is 424 g/mol. The molecule has 5 aromatic carbocycles. The summed E-state index contributed by atoms with van der Waals surface area (Å²) in [6.07, 6.45) is -0.0496. The third-order valence-electron chi connectivity index (χ3n) is 6.46. The molecule has 0 atom stereocenters. The van der Waals surface area contributed by atoms with Gasteiger partial charge in [-0.1, -0.05) is 127 Å². The summed E-state index contributed by atoms with van der Waals surface area (Å²) < 4.78 is 0. The van der Waals surface area contributed by atoms with Crippen molar-refractivity contribution in [2.45, 2.75) is 6.17 Å². The average molecular weight is 451 g/mol. The summed E-state index contributed by atoms with van der Waals surface area (Å²) in [4.78, 5) is 4.97. The summed E-state index contributed by atoms with van der Waals surface area (Å²) in [5.74, 6) is 0. The van der Waals surface area contributed by atoms with Crippen LogP contribution in [-0.4, -0.2) is 0 Å². The fourth-order valence-corrected chi connectivity index (χ4v) is 4.97. The van der Waals surface area contributed by atoms with Crippen LogP contribution < -0.4 is 9.80 Å². The van der Waals surface area contributed by atoms with Crippen LogP contribution in [0.25, 0.3) is 11.4 Å². The summed E-state index contributed by atoms with van der Waals surface area (Å²) in [6.45, 7) is 0. The second-order valence-electron chi connectivity index (χ2n) is 8.62. The maximum absolute atomic E-state index is 2.49. The van der Waals surface area contributed by atoms with Crippen molar-refractivity contribution in [1.82, 2.24) is 0 Å². The first-order valence-electron chi connectivity index (χ1n) is 12.0. The molecule has 0 spiro atoms. The van der Waals surface area contributed by atoms with Gasteiger partial charge in [0.1, 0.15) is 6.17 Å². The molecule has 0 N–H and O–H groups in total. The first-order chi connectivity index (χ1) is 17.4. The monoisotopic (exact) mass is 450 g/mol. The molecule has 1 heterocycles. The molecule has 0 amide bonds. The number of hydrogen-bond donors (Lipinski definition) is 0. The van der Waals surface area contributed by atoms with Crippen LogP contribution in [0.3, 0.4) is 0 Å². The summed E-state index contributed by atoms with van der Waals surface area (Å²) in [7, 11) is 0. The van der Waals surface area contributed by atoms with Gasteiger partial charge in [-0.25, -0.2) is 0 Å². The van der Waals surface area contributed by atoms with Gasteiger partial charge in [-0.15, -0.1) is 0 Å². The Kier molecular flexibility index (Phi) is 5.62. The van der Waals surface area contributed by atoms with Crippen molar-refractivity contribution in [3.63, 3.8) is 0 Å². The molecule has 1 aliphatic heterocycles. The average Bonchev–Trinajstić information content (AvgIpc) is 3.32. The first-order valence-corrected chi connectivity index (χ1v) is 12.0. The van der Waals surface area contributed by atoms with Crippen LogP contribution in [0.15, 0.2) is 152 Å². The topological polar surface area (TPSA) is 6.48 Å². The molecule has 0 bridgehead atoms. The zero-order chi connectivity index (χ0) is 23.5. The molecule has 0 fully saturated rings.